The monoisotopic (exact) mass is 261 g/mol. The van der Waals surface area contributed by atoms with Crippen molar-refractivity contribution in [2.75, 3.05) is 0 Å². The van der Waals surface area contributed by atoms with Gasteiger partial charge < -0.3 is 10.3 Å². The predicted molar refractivity (Wildman–Crippen MR) is 80.1 cm³/mol. The topological polar surface area (TPSA) is 54.7 Å². The highest BCUT2D eigenvalue weighted by Crippen LogP contribution is 2.22. The molecule has 3 nitrogen and oxygen atoms in total. The second-order valence-corrected chi connectivity index (χ2v) is 4.77. The maximum absolute atomic E-state index is 9.18. The third-order valence-electron chi connectivity index (χ3n) is 3.57. The number of rotatable bonds is 3. The lowest BCUT2D eigenvalue weighted by Crippen LogP contribution is -2.04. The summed E-state index contributed by atoms with van der Waals surface area (Å²) in [5, 5.41) is 10.4. The Kier molecular flexibility index (Phi) is 3.24. The molecule has 0 aliphatic heterocycles. The van der Waals surface area contributed by atoms with Crippen molar-refractivity contribution >= 4 is 10.9 Å². The van der Waals surface area contributed by atoms with E-state index < -0.39 is 0 Å². The lowest BCUT2D eigenvalue weighted by molar-refractivity contribution is 0.827. The molecule has 0 saturated heterocycles. The predicted octanol–water partition coefficient (Wildman–Crippen LogP) is 3.02. The fraction of sp³-hybridized carbons (Fsp3) is 0.118. The summed E-state index contributed by atoms with van der Waals surface area (Å²) in [6.45, 7) is 1.20. The van der Waals surface area contributed by atoms with E-state index in [1.165, 1.54) is 5.39 Å². The fourth-order valence-electron chi connectivity index (χ4n) is 2.59. The van der Waals surface area contributed by atoms with Crippen molar-refractivity contribution < 1.29 is 0 Å². The van der Waals surface area contributed by atoms with E-state index in [-0.39, 0.29) is 0 Å². The molecule has 0 fully saturated rings. The van der Waals surface area contributed by atoms with E-state index in [0.717, 1.165) is 22.2 Å². The van der Waals surface area contributed by atoms with Gasteiger partial charge in [-0.1, -0.05) is 36.4 Å². The number of fused-ring (bicyclic) bond motifs is 1. The zero-order chi connectivity index (χ0) is 13.9. The smallest absolute Gasteiger partial charge is 0.0995 e. The Morgan fingerprint density at radius 3 is 2.60 bits per heavy atom. The third-order valence-corrected chi connectivity index (χ3v) is 3.57. The van der Waals surface area contributed by atoms with Gasteiger partial charge >= 0.3 is 0 Å². The minimum atomic E-state index is 0.515. The van der Waals surface area contributed by atoms with Crippen LogP contribution >= 0.6 is 0 Å². The second kappa shape index (κ2) is 5.20. The van der Waals surface area contributed by atoms with Crippen molar-refractivity contribution in [2.45, 2.75) is 13.1 Å². The lowest BCUT2D eigenvalue weighted by Gasteiger charge is -2.10. The van der Waals surface area contributed by atoms with Crippen LogP contribution < -0.4 is 5.73 Å². The summed E-state index contributed by atoms with van der Waals surface area (Å²) < 4.78 is 2.16. The van der Waals surface area contributed by atoms with Crippen LogP contribution in [0.4, 0.5) is 0 Å². The molecule has 3 aromatic rings. The average molecular weight is 261 g/mol. The number of para-hydroxylation sites is 1. The molecule has 0 bridgehead atoms. The van der Waals surface area contributed by atoms with Crippen LogP contribution in [0.1, 0.15) is 16.7 Å². The van der Waals surface area contributed by atoms with Crippen LogP contribution in [-0.2, 0) is 13.1 Å². The summed E-state index contributed by atoms with van der Waals surface area (Å²) in [4.78, 5) is 0. The quantitative estimate of drug-likeness (QED) is 0.788. The van der Waals surface area contributed by atoms with Gasteiger partial charge in [0.25, 0.3) is 0 Å². The molecular weight excluding hydrogens is 246 g/mol. The molecule has 0 aliphatic carbocycles. The van der Waals surface area contributed by atoms with Gasteiger partial charge in [-0.15, -0.1) is 0 Å². The summed E-state index contributed by atoms with van der Waals surface area (Å²) in [6.07, 6.45) is 2.05. The minimum absolute atomic E-state index is 0.515. The molecule has 2 N–H and O–H groups in total. The molecule has 0 spiro atoms. The number of aromatic nitrogens is 1. The normalized spacial score (nSPS) is 10.6. The Bertz CT molecular complexity index is 793. The minimum Gasteiger partial charge on any atom is -0.343 e. The van der Waals surface area contributed by atoms with E-state index in [4.69, 9.17) is 5.73 Å². The average Bonchev–Trinajstić information content (AvgIpc) is 2.91. The Labute approximate surface area is 117 Å². The van der Waals surface area contributed by atoms with Crippen LogP contribution in [0.25, 0.3) is 10.9 Å². The van der Waals surface area contributed by atoms with Crippen molar-refractivity contribution in [3.8, 4) is 6.07 Å². The van der Waals surface area contributed by atoms with Gasteiger partial charge in [-0.05, 0) is 28.6 Å². The third kappa shape index (κ3) is 2.07. The van der Waals surface area contributed by atoms with E-state index in [9.17, 15) is 5.26 Å². The van der Waals surface area contributed by atoms with Crippen LogP contribution in [0, 0.1) is 11.3 Å². The largest absolute Gasteiger partial charge is 0.343 e. The summed E-state index contributed by atoms with van der Waals surface area (Å²) in [6, 6.07) is 18.2. The Balaban J connectivity index is 2.10. The highest BCUT2D eigenvalue weighted by molar-refractivity contribution is 5.83. The van der Waals surface area contributed by atoms with E-state index >= 15 is 0 Å². The first-order chi connectivity index (χ1) is 9.83. The highest BCUT2D eigenvalue weighted by atomic mass is 15.0. The molecule has 20 heavy (non-hydrogen) atoms. The first kappa shape index (κ1) is 12.5. The number of nitrogens with zero attached hydrogens (tertiary/aromatic N) is 2. The summed E-state index contributed by atoms with van der Waals surface area (Å²) >= 11 is 0. The van der Waals surface area contributed by atoms with Gasteiger partial charge in [0.1, 0.15) is 0 Å². The van der Waals surface area contributed by atoms with Gasteiger partial charge in [-0.25, -0.2) is 0 Å². The molecule has 0 aliphatic rings. The van der Waals surface area contributed by atoms with Crippen molar-refractivity contribution in [2.24, 2.45) is 5.73 Å². The van der Waals surface area contributed by atoms with Gasteiger partial charge in [-0.2, -0.15) is 5.26 Å². The molecular formula is C17H15N3. The zero-order valence-electron chi connectivity index (χ0n) is 11.1. The number of benzene rings is 2. The molecule has 0 unspecified atom stereocenters. The van der Waals surface area contributed by atoms with E-state index in [1.54, 1.807) is 0 Å². The maximum atomic E-state index is 9.18. The molecule has 0 atom stereocenters. The van der Waals surface area contributed by atoms with Gasteiger partial charge in [0.15, 0.2) is 0 Å². The number of hydrogen-bond acceptors (Lipinski definition) is 2. The van der Waals surface area contributed by atoms with Gasteiger partial charge in [0, 0.05) is 19.3 Å². The SMILES string of the molecule is N#Cc1ccccc1Cn1ccc2cccc(CN)c21. The molecule has 3 heteroatoms. The Hall–Kier alpha value is -2.57. The number of nitriles is 1. The van der Waals surface area contributed by atoms with Crippen LogP contribution in [0.5, 0.6) is 0 Å². The Morgan fingerprint density at radius 2 is 1.80 bits per heavy atom. The first-order valence-corrected chi connectivity index (χ1v) is 6.58. The summed E-state index contributed by atoms with van der Waals surface area (Å²) in [5.41, 5.74) is 9.86. The van der Waals surface area contributed by atoms with Crippen molar-refractivity contribution in [1.29, 1.82) is 5.26 Å². The van der Waals surface area contributed by atoms with Crippen molar-refractivity contribution in [3.05, 3.63) is 71.4 Å². The standard InChI is InChI=1S/C17H15N3/c18-10-14-4-1-2-5-16(14)12-20-9-8-13-6-3-7-15(11-19)17(13)20/h1-9H,11-12,19H2. The lowest BCUT2D eigenvalue weighted by atomic mass is 10.1. The molecule has 0 saturated carbocycles. The molecule has 1 heterocycles. The first-order valence-electron chi connectivity index (χ1n) is 6.58. The highest BCUT2D eigenvalue weighted by Gasteiger charge is 2.08. The van der Waals surface area contributed by atoms with Gasteiger partial charge in [-0.3, -0.25) is 0 Å². The molecule has 3 rings (SSSR count). The summed E-state index contributed by atoms with van der Waals surface area (Å²) in [7, 11) is 0. The fourth-order valence-corrected chi connectivity index (χ4v) is 2.59. The number of nitrogens with two attached hydrogens (primary N) is 1. The molecule has 1 aromatic heterocycles. The van der Waals surface area contributed by atoms with Crippen LogP contribution in [-0.4, -0.2) is 4.57 Å². The zero-order valence-corrected chi connectivity index (χ0v) is 11.1. The second-order valence-electron chi connectivity index (χ2n) is 4.77. The molecule has 0 amide bonds. The van der Waals surface area contributed by atoms with Gasteiger partial charge in [0.2, 0.25) is 0 Å². The molecule has 0 radical (unpaired) electrons. The number of hydrogen-bond donors (Lipinski definition) is 1. The van der Waals surface area contributed by atoms with Crippen molar-refractivity contribution in [1.82, 2.24) is 4.57 Å². The van der Waals surface area contributed by atoms with E-state index in [1.807, 2.05) is 30.3 Å². The van der Waals surface area contributed by atoms with E-state index in [2.05, 4.69) is 35.0 Å². The van der Waals surface area contributed by atoms with Crippen LogP contribution in [0.2, 0.25) is 0 Å². The maximum Gasteiger partial charge on any atom is 0.0995 e. The van der Waals surface area contributed by atoms with Gasteiger partial charge in [0.05, 0.1) is 17.1 Å². The summed E-state index contributed by atoms with van der Waals surface area (Å²) in [5.74, 6) is 0. The van der Waals surface area contributed by atoms with E-state index in [0.29, 0.717) is 13.1 Å². The molecule has 2 aromatic carbocycles. The van der Waals surface area contributed by atoms with Crippen LogP contribution in [0.15, 0.2) is 54.7 Å². The van der Waals surface area contributed by atoms with Crippen LogP contribution in [0.3, 0.4) is 0 Å². The van der Waals surface area contributed by atoms with Crippen molar-refractivity contribution in [3.63, 3.8) is 0 Å². The molecule has 98 valence electrons. The Morgan fingerprint density at radius 1 is 1.00 bits per heavy atom.